The molecule has 3 N–H and O–H groups in total. The molecule has 2 aromatic carbocycles. The van der Waals surface area contributed by atoms with Gasteiger partial charge in [0.15, 0.2) is 0 Å². The first-order valence-corrected chi connectivity index (χ1v) is 14.3. The summed E-state index contributed by atoms with van der Waals surface area (Å²) in [5, 5.41) is 15.6. The normalized spacial score (nSPS) is 14.1. The second-order valence-corrected chi connectivity index (χ2v) is 11.4. The number of nitrogens with zero attached hydrogens (tertiary/aromatic N) is 1. The van der Waals surface area contributed by atoms with Crippen molar-refractivity contribution in [3.63, 3.8) is 0 Å². The Morgan fingerprint density at radius 3 is 2.12 bits per heavy atom. The maximum atomic E-state index is 14.5. The summed E-state index contributed by atoms with van der Waals surface area (Å²) in [5.41, 5.74) is 1.21. The van der Waals surface area contributed by atoms with Crippen molar-refractivity contribution in [1.82, 2.24) is 15.5 Å². The van der Waals surface area contributed by atoms with Crippen LogP contribution < -0.4 is 10.6 Å². The van der Waals surface area contributed by atoms with Gasteiger partial charge in [0.2, 0.25) is 11.8 Å². The summed E-state index contributed by atoms with van der Waals surface area (Å²) >= 11 is 0. The minimum atomic E-state index is -1.04. The van der Waals surface area contributed by atoms with Crippen molar-refractivity contribution >= 4 is 17.9 Å². The number of phenolic OH excluding ortho intramolecular Hbond substituents is 1. The van der Waals surface area contributed by atoms with Crippen molar-refractivity contribution in [2.75, 3.05) is 0 Å². The Bertz CT molecular complexity index is 1200. The third-order valence-electron chi connectivity index (χ3n) is 6.72. The first-order chi connectivity index (χ1) is 19.3. The summed E-state index contributed by atoms with van der Waals surface area (Å²) in [7, 11) is 0. The van der Waals surface area contributed by atoms with Gasteiger partial charge in [-0.2, -0.15) is 0 Å². The summed E-state index contributed by atoms with van der Waals surface area (Å²) in [6, 6.07) is 11.0. The minimum Gasteiger partial charge on any atom is -0.508 e. The Morgan fingerprint density at radius 2 is 1.61 bits per heavy atom. The molecule has 2 rings (SSSR count). The van der Waals surface area contributed by atoms with Crippen LogP contribution in [-0.4, -0.2) is 51.6 Å². The lowest BCUT2D eigenvalue weighted by Gasteiger charge is -2.38. The second kappa shape index (κ2) is 15.1. The zero-order valence-electron chi connectivity index (χ0n) is 25.4. The topological polar surface area (TPSA) is 108 Å². The molecular formula is C33H45N3O5. The molecule has 0 aliphatic heterocycles. The molecule has 0 saturated carbocycles. The number of carbonyl (C=O) groups excluding carboxylic acids is 3. The van der Waals surface area contributed by atoms with E-state index in [4.69, 9.17) is 11.2 Å². The number of phenols is 1. The van der Waals surface area contributed by atoms with E-state index in [0.29, 0.717) is 17.5 Å². The number of amides is 3. The molecular weight excluding hydrogens is 518 g/mol. The molecule has 0 saturated heterocycles. The van der Waals surface area contributed by atoms with E-state index in [9.17, 15) is 19.5 Å². The predicted molar refractivity (Wildman–Crippen MR) is 161 cm³/mol. The van der Waals surface area contributed by atoms with Gasteiger partial charge < -0.3 is 25.4 Å². The van der Waals surface area contributed by atoms with E-state index >= 15 is 0 Å². The number of hydrogen-bond acceptors (Lipinski definition) is 5. The minimum absolute atomic E-state index is 0.0892. The monoisotopic (exact) mass is 563 g/mol. The summed E-state index contributed by atoms with van der Waals surface area (Å²) in [6.45, 7) is 13.0. The van der Waals surface area contributed by atoms with E-state index in [2.05, 4.69) is 16.6 Å². The third kappa shape index (κ3) is 10.2. The van der Waals surface area contributed by atoms with E-state index in [1.165, 1.54) is 12.1 Å². The average molecular weight is 564 g/mol. The van der Waals surface area contributed by atoms with E-state index in [1.807, 2.05) is 27.7 Å². The highest BCUT2D eigenvalue weighted by molar-refractivity contribution is 5.92. The molecule has 3 amide bonds. The molecule has 0 spiro atoms. The molecule has 0 heterocycles. The molecule has 0 aliphatic rings. The van der Waals surface area contributed by atoms with Crippen LogP contribution in [0, 0.1) is 12.3 Å². The van der Waals surface area contributed by atoms with Gasteiger partial charge >= 0.3 is 6.09 Å². The maximum Gasteiger partial charge on any atom is 0.408 e. The zero-order chi connectivity index (χ0) is 30.7. The molecule has 0 bridgehead atoms. The zero-order valence-corrected chi connectivity index (χ0v) is 25.4. The molecule has 8 nitrogen and oxygen atoms in total. The van der Waals surface area contributed by atoms with Crippen LogP contribution >= 0.6 is 0 Å². The number of terminal acetylenes is 1. The fourth-order valence-electron chi connectivity index (χ4n) is 4.52. The smallest absolute Gasteiger partial charge is 0.408 e. The van der Waals surface area contributed by atoms with Crippen molar-refractivity contribution in [2.24, 2.45) is 0 Å². The van der Waals surface area contributed by atoms with Gasteiger partial charge in [0, 0.05) is 24.1 Å². The number of benzene rings is 2. The number of ether oxygens (including phenoxy) is 1. The average Bonchev–Trinajstić information content (AvgIpc) is 2.90. The summed E-state index contributed by atoms with van der Waals surface area (Å²) < 4.78 is 5.48. The van der Waals surface area contributed by atoms with Crippen LogP contribution in [0.3, 0.4) is 0 Å². The van der Waals surface area contributed by atoms with E-state index in [-0.39, 0.29) is 30.2 Å². The van der Waals surface area contributed by atoms with Gasteiger partial charge in [-0.15, -0.1) is 6.42 Å². The molecule has 8 heteroatoms. The Kier molecular flexibility index (Phi) is 12.3. The number of nitrogens with one attached hydrogen (secondary N) is 2. The fourth-order valence-corrected chi connectivity index (χ4v) is 4.52. The van der Waals surface area contributed by atoms with Crippen LogP contribution in [0.15, 0.2) is 48.5 Å². The van der Waals surface area contributed by atoms with Crippen LogP contribution in [0.2, 0.25) is 0 Å². The van der Waals surface area contributed by atoms with Crippen molar-refractivity contribution in [3.8, 4) is 18.1 Å². The Hall–Kier alpha value is -3.99. The Morgan fingerprint density at radius 1 is 1.00 bits per heavy atom. The largest absolute Gasteiger partial charge is 0.508 e. The number of carbonyl (C=O) groups is 3. The summed E-state index contributed by atoms with van der Waals surface area (Å²) in [6.07, 6.45) is 7.20. The van der Waals surface area contributed by atoms with Crippen LogP contribution in [0.5, 0.6) is 5.75 Å². The molecule has 0 aliphatic carbocycles. The SMILES string of the molecule is C#Cc1ccc(C(C(=O)NC(C)CCC)N(C(=O)C(Cc2ccc(O)cc2)NC(=O)OC(C)(C)C)C(C)CC)cc1. The van der Waals surface area contributed by atoms with Gasteiger partial charge in [0.1, 0.15) is 23.4 Å². The van der Waals surface area contributed by atoms with E-state index in [1.54, 1.807) is 62.1 Å². The first-order valence-electron chi connectivity index (χ1n) is 14.3. The molecule has 0 fully saturated rings. The molecule has 4 unspecified atom stereocenters. The molecule has 2 aromatic rings. The van der Waals surface area contributed by atoms with Crippen molar-refractivity contribution < 1.29 is 24.2 Å². The lowest BCUT2D eigenvalue weighted by molar-refractivity contribution is -0.145. The van der Waals surface area contributed by atoms with Crippen molar-refractivity contribution in [3.05, 3.63) is 65.2 Å². The molecule has 0 radical (unpaired) electrons. The number of rotatable bonds is 12. The lowest BCUT2D eigenvalue weighted by atomic mass is 9.97. The van der Waals surface area contributed by atoms with Gasteiger partial charge in [-0.3, -0.25) is 9.59 Å². The fraction of sp³-hybridized carbons (Fsp3) is 0.485. The van der Waals surface area contributed by atoms with Crippen LogP contribution in [-0.2, 0) is 20.7 Å². The standard InChI is InChI=1S/C33H45N3O5/c1-9-12-22(4)34-30(38)29(26-17-13-24(11-3)14-18-26)36(23(5)10-2)31(39)28(35-32(40)41-33(6,7)8)21-25-15-19-27(37)20-16-25/h3,13-20,22-23,28-29,37H,9-10,12,21H2,1-2,4-8H3,(H,34,38)(H,35,40). The van der Waals surface area contributed by atoms with Gasteiger partial charge in [0.25, 0.3) is 0 Å². The number of aromatic hydroxyl groups is 1. The molecule has 0 aromatic heterocycles. The molecule has 222 valence electrons. The van der Waals surface area contributed by atoms with Crippen LogP contribution in [0.1, 0.15) is 90.5 Å². The highest BCUT2D eigenvalue weighted by Crippen LogP contribution is 2.28. The van der Waals surface area contributed by atoms with Gasteiger partial charge in [-0.05, 0) is 82.9 Å². The van der Waals surface area contributed by atoms with E-state index < -0.39 is 29.7 Å². The number of alkyl carbamates (subject to hydrolysis) is 1. The van der Waals surface area contributed by atoms with Crippen molar-refractivity contribution in [1.29, 1.82) is 0 Å². The van der Waals surface area contributed by atoms with Crippen LogP contribution in [0.4, 0.5) is 4.79 Å². The summed E-state index contributed by atoms with van der Waals surface area (Å²) in [4.78, 5) is 42.8. The Labute approximate surface area is 244 Å². The Balaban J connectivity index is 2.60. The van der Waals surface area contributed by atoms with E-state index in [0.717, 1.165) is 18.4 Å². The van der Waals surface area contributed by atoms with Gasteiger partial charge in [0.05, 0.1) is 0 Å². The maximum absolute atomic E-state index is 14.5. The number of hydrogen-bond donors (Lipinski definition) is 3. The third-order valence-corrected chi connectivity index (χ3v) is 6.72. The first kappa shape index (κ1) is 33.2. The van der Waals surface area contributed by atoms with Gasteiger partial charge in [-0.1, -0.05) is 50.5 Å². The molecule has 4 atom stereocenters. The van der Waals surface area contributed by atoms with Gasteiger partial charge in [-0.25, -0.2) is 4.79 Å². The lowest BCUT2D eigenvalue weighted by Crippen LogP contribution is -2.56. The highest BCUT2D eigenvalue weighted by atomic mass is 16.6. The quantitative estimate of drug-likeness (QED) is 0.296. The molecule has 41 heavy (non-hydrogen) atoms. The summed E-state index contributed by atoms with van der Waals surface area (Å²) in [5.74, 6) is 1.94. The predicted octanol–water partition coefficient (Wildman–Crippen LogP) is 5.48. The highest BCUT2D eigenvalue weighted by Gasteiger charge is 2.39. The van der Waals surface area contributed by atoms with Crippen molar-refractivity contribution in [2.45, 2.75) is 104 Å². The van der Waals surface area contributed by atoms with Crippen LogP contribution in [0.25, 0.3) is 0 Å². The second-order valence-electron chi connectivity index (χ2n) is 11.4.